The molecule has 0 radical (unpaired) electrons. The molecular weight excluding hydrogens is 326 g/mol. The molecule has 1 N–H and O–H groups in total. The van der Waals surface area contributed by atoms with Crippen LogP contribution in [0.5, 0.6) is 0 Å². The standard InChI is InChI=1S/C16H27N5O2S/c1-17-15(18-9-12-11-24-16(19-12)20(2)3)21-6-8-23-14(10-21)13-5-4-7-22-13/h11,13-14H,4-10H2,1-3H3,(H,17,18). The zero-order chi connectivity index (χ0) is 16.9. The molecule has 2 aliphatic heterocycles. The van der Waals surface area contributed by atoms with Crippen LogP contribution in [0, 0.1) is 0 Å². The molecule has 0 spiro atoms. The predicted octanol–water partition coefficient (Wildman–Crippen LogP) is 1.16. The van der Waals surface area contributed by atoms with Crippen LogP contribution in [0.3, 0.4) is 0 Å². The molecule has 8 heteroatoms. The van der Waals surface area contributed by atoms with E-state index in [9.17, 15) is 0 Å². The molecule has 2 fully saturated rings. The molecule has 3 rings (SSSR count). The number of guanidine groups is 1. The van der Waals surface area contributed by atoms with E-state index in [4.69, 9.17) is 9.47 Å². The monoisotopic (exact) mass is 353 g/mol. The van der Waals surface area contributed by atoms with E-state index in [2.05, 4.69) is 25.6 Å². The van der Waals surface area contributed by atoms with E-state index in [1.165, 1.54) is 0 Å². The highest BCUT2D eigenvalue weighted by atomic mass is 32.1. The molecule has 24 heavy (non-hydrogen) atoms. The molecule has 0 bridgehead atoms. The van der Waals surface area contributed by atoms with Gasteiger partial charge in [0.2, 0.25) is 0 Å². The molecule has 2 unspecified atom stereocenters. The van der Waals surface area contributed by atoms with Gasteiger partial charge in [-0.15, -0.1) is 11.3 Å². The molecule has 0 aliphatic carbocycles. The first kappa shape index (κ1) is 17.4. The summed E-state index contributed by atoms with van der Waals surface area (Å²) in [5.74, 6) is 0.903. The second kappa shape index (κ2) is 8.13. The Bertz CT molecular complexity index is 556. The van der Waals surface area contributed by atoms with Gasteiger partial charge in [0, 0.05) is 46.2 Å². The maximum absolute atomic E-state index is 5.91. The first-order chi connectivity index (χ1) is 11.7. The number of morpholine rings is 1. The van der Waals surface area contributed by atoms with E-state index in [0.717, 1.165) is 49.3 Å². The summed E-state index contributed by atoms with van der Waals surface area (Å²) in [6, 6.07) is 0. The fraction of sp³-hybridized carbons (Fsp3) is 0.750. The number of hydrogen-bond donors (Lipinski definition) is 1. The Balaban J connectivity index is 1.54. The van der Waals surface area contributed by atoms with Crippen LogP contribution in [-0.4, -0.2) is 75.5 Å². The normalized spacial score (nSPS) is 25.1. The Morgan fingerprint density at radius 3 is 2.92 bits per heavy atom. The van der Waals surface area contributed by atoms with E-state index in [-0.39, 0.29) is 12.2 Å². The van der Waals surface area contributed by atoms with Crippen molar-refractivity contribution in [2.75, 3.05) is 52.3 Å². The summed E-state index contributed by atoms with van der Waals surface area (Å²) in [6.07, 6.45) is 2.60. The van der Waals surface area contributed by atoms with Crippen molar-refractivity contribution < 1.29 is 9.47 Å². The van der Waals surface area contributed by atoms with Crippen LogP contribution in [0.4, 0.5) is 5.13 Å². The van der Waals surface area contributed by atoms with E-state index in [1.54, 1.807) is 11.3 Å². The van der Waals surface area contributed by atoms with E-state index in [1.807, 2.05) is 26.0 Å². The molecule has 3 heterocycles. The number of rotatable bonds is 4. The van der Waals surface area contributed by atoms with Gasteiger partial charge >= 0.3 is 0 Å². The van der Waals surface area contributed by atoms with Crippen molar-refractivity contribution in [3.8, 4) is 0 Å². The summed E-state index contributed by atoms with van der Waals surface area (Å²) in [6.45, 7) is 3.93. The molecule has 0 aromatic carbocycles. The van der Waals surface area contributed by atoms with Gasteiger partial charge < -0.3 is 24.6 Å². The third-order valence-electron chi connectivity index (χ3n) is 4.33. The Morgan fingerprint density at radius 2 is 2.25 bits per heavy atom. The topological polar surface area (TPSA) is 62.2 Å². The lowest BCUT2D eigenvalue weighted by molar-refractivity contribution is -0.0817. The smallest absolute Gasteiger partial charge is 0.194 e. The maximum atomic E-state index is 5.91. The zero-order valence-corrected chi connectivity index (χ0v) is 15.5. The molecule has 7 nitrogen and oxygen atoms in total. The molecule has 2 aliphatic rings. The minimum Gasteiger partial charge on any atom is -0.375 e. The van der Waals surface area contributed by atoms with Crippen molar-refractivity contribution >= 4 is 22.4 Å². The molecule has 0 amide bonds. The van der Waals surface area contributed by atoms with E-state index >= 15 is 0 Å². The van der Waals surface area contributed by atoms with Gasteiger partial charge in [-0.1, -0.05) is 0 Å². The fourth-order valence-electron chi connectivity index (χ4n) is 3.07. The van der Waals surface area contributed by atoms with Crippen LogP contribution < -0.4 is 10.2 Å². The summed E-state index contributed by atoms with van der Waals surface area (Å²) in [4.78, 5) is 13.3. The number of aliphatic imine (C=N–C) groups is 1. The molecule has 0 saturated carbocycles. The quantitative estimate of drug-likeness (QED) is 0.648. The number of ether oxygens (including phenoxy) is 2. The van der Waals surface area contributed by atoms with Crippen molar-refractivity contribution in [2.24, 2.45) is 4.99 Å². The van der Waals surface area contributed by atoms with E-state index in [0.29, 0.717) is 13.2 Å². The molecule has 2 atom stereocenters. The van der Waals surface area contributed by atoms with Crippen LogP contribution in [0.15, 0.2) is 10.4 Å². The Kier molecular flexibility index (Phi) is 5.91. The molecule has 134 valence electrons. The fourth-order valence-corrected chi connectivity index (χ4v) is 3.83. The summed E-state index contributed by atoms with van der Waals surface area (Å²) in [7, 11) is 5.84. The number of nitrogens with zero attached hydrogens (tertiary/aromatic N) is 4. The van der Waals surface area contributed by atoms with Crippen molar-refractivity contribution in [2.45, 2.75) is 31.6 Å². The Hall–Kier alpha value is -1.38. The highest BCUT2D eigenvalue weighted by Gasteiger charge is 2.32. The number of nitrogens with one attached hydrogen (secondary N) is 1. The summed E-state index contributed by atoms with van der Waals surface area (Å²) in [5.41, 5.74) is 1.04. The highest BCUT2D eigenvalue weighted by Crippen LogP contribution is 2.21. The largest absolute Gasteiger partial charge is 0.375 e. The minimum absolute atomic E-state index is 0.138. The third kappa shape index (κ3) is 4.17. The van der Waals surface area contributed by atoms with Gasteiger partial charge in [0.15, 0.2) is 11.1 Å². The van der Waals surface area contributed by atoms with Gasteiger partial charge in [-0.3, -0.25) is 4.99 Å². The Labute approximate surface area is 147 Å². The van der Waals surface area contributed by atoms with Gasteiger partial charge in [-0.25, -0.2) is 4.98 Å². The van der Waals surface area contributed by atoms with Crippen LogP contribution >= 0.6 is 11.3 Å². The van der Waals surface area contributed by atoms with Gasteiger partial charge in [0.05, 0.1) is 24.9 Å². The van der Waals surface area contributed by atoms with Crippen LogP contribution in [-0.2, 0) is 16.0 Å². The van der Waals surface area contributed by atoms with E-state index < -0.39 is 0 Å². The second-order valence-corrected chi connectivity index (χ2v) is 7.16. The van der Waals surface area contributed by atoms with Gasteiger partial charge in [-0.05, 0) is 12.8 Å². The highest BCUT2D eigenvalue weighted by molar-refractivity contribution is 7.13. The molecule has 1 aromatic rings. The average Bonchev–Trinajstić information content (AvgIpc) is 3.28. The number of thiazole rings is 1. The lowest BCUT2D eigenvalue weighted by Crippen LogP contribution is -2.53. The van der Waals surface area contributed by atoms with Crippen LogP contribution in [0.2, 0.25) is 0 Å². The lowest BCUT2D eigenvalue weighted by Gasteiger charge is -2.37. The van der Waals surface area contributed by atoms with Gasteiger partial charge in [0.25, 0.3) is 0 Å². The van der Waals surface area contributed by atoms with Crippen molar-refractivity contribution in [3.63, 3.8) is 0 Å². The second-order valence-electron chi connectivity index (χ2n) is 6.32. The summed E-state index contributed by atoms with van der Waals surface area (Å²) in [5, 5.41) is 6.53. The minimum atomic E-state index is 0.138. The average molecular weight is 353 g/mol. The Morgan fingerprint density at radius 1 is 1.42 bits per heavy atom. The lowest BCUT2D eigenvalue weighted by atomic mass is 10.1. The first-order valence-corrected chi connectivity index (χ1v) is 9.36. The summed E-state index contributed by atoms with van der Waals surface area (Å²) >= 11 is 1.65. The molecule has 2 saturated heterocycles. The van der Waals surface area contributed by atoms with Crippen LogP contribution in [0.1, 0.15) is 18.5 Å². The summed E-state index contributed by atoms with van der Waals surface area (Å²) < 4.78 is 11.7. The van der Waals surface area contributed by atoms with Crippen LogP contribution in [0.25, 0.3) is 0 Å². The van der Waals surface area contributed by atoms with Gasteiger partial charge in [-0.2, -0.15) is 0 Å². The zero-order valence-electron chi connectivity index (χ0n) is 14.7. The molecular formula is C16H27N5O2S. The predicted molar refractivity (Wildman–Crippen MR) is 96.9 cm³/mol. The number of hydrogen-bond acceptors (Lipinski definition) is 6. The van der Waals surface area contributed by atoms with Crippen molar-refractivity contribution in [3.05, 3.63) is 11.1 Å². The maximum Gasteiger partial charge on any atom is 0.194 e. The number of aromatic nitrogens is 1. The SMILES string of the molecule is CN=C(NCc1csc(N(C)C)n1)N1CCOC(C2CCCO2)C1. The van der Waals surface area contributed by atoms with Crippen molar-refractivity contribution in [1.29, 1.82) is 0 Å². The van der Waals surface area contributed by atoms with Gasteiger partial charge in [0.1, 0.15) is 6.10 Å². The number of anilines is 1. The van der Waals surface area contributed by atoms with Crippen molar-refractivity contribution in [1.82, 2.24) is 15.2 Å². The first-order valence-electron chi connectivity index (χ1n) is 8.48. The molecule has 1 aromatic heterocycles. The third-order valence-corrected chi connectivity index (χ3v) is 5.39.